The van der Waals surface area contributed by atoms with Crippen LogP contribution in [-0.2, 0) is 11.3 Å². The molecule has 0 saturated carbocycles. The summed E-state index contributed by atoms with van der Waals surface area (Å²) in [7, 11) is 0. The maximum atomic E-state index is 14.3. The van der Waals surface area contributed by atoms with Crippen LogP contribution in [0.5, 0.6) is 5.75 Å². The molecule has 2 aliphatic rings. The summed E-state index contributed by atoms with van der Waals surface area (Å²) in [6.07, 6.45) is 0.883. The van der Waals surface area contributed by atoms with Crippen LogP contribution < -0.4 is 9.74 Å². The van der Waals surface area contributed by atoms with Crippen molar-refractivity contribution >= 4 is 17.6 Å². The van der Waals surface area contributed by atoms with Crippen molar-refractivity contribution in [3.8, 4) is 5.75 Å². The lowest BCUT2D eigenvalue weighted by Gasteiger charge is -2.57. The molecule has 0 aromatic heterocycles. The van der Waals surface area contributed by atoms with Crippen LogP contribution in [0.4, 0.5) is 10.5 Å². The molecule has 186 valence electrons. The standard InChI is InChI=1S/C30H33N3O3/c1-28(2)21-30(22-29(3,4)33(28)36-25-18-12-7-13-19-25)26(34)32(24-16-10-6-11-17-24)27(35)31(30)20-23-14-8-5-9-15-23/h5-19H,20-22H2,1-4H3. The van der Waals surface area contributed by atoms with E-state index in [9.17, 15) is 9.59 Å². The third kappa shape index (κ3) is 4.05. The quantitative estimate of drug-likeness (QED) is 0.415. The Morgan fingerprint density at radius 2 is 1.22 bits per heavy atom. The first kappa shape index (κ1) is 24.1. The van der Waals surface area contributed by atoms with Crippen LogP contribution in [0.15, 0.2) is 91.0 Å². The topological polar surface area (TPSA) is 53.1 Å². The van der Waals surface area contributed by atoms with Crippen molar-refractivity contribution in [2.24, 2.45) is 0 Å². The van der Waals surface area contributed by atoms with Crippen molar-refractivity contribution in [1.29, 1.82) is 0 Å². The molecule has 6 heteroatoms. The largest absolute Gasteiger partial charge is 0.405 e. The minimum absolute atomic E-state index is 0.171. The first-order valence-electron chi connectivity index (χ1n) is 12.4. The van der Waals surface area contributed by atoms with Gasteiger partial charge in [-0.2, -0.15) is 0 Å². The van der Waals surface area contributed by atoms with Gasteiger partial charge in [0.1, 0.15) is 11.3 Å². The third-order valence-electron chi connectivity index (χ3n) is 7.23. The zero-order valence-corrected chi connectivity index (χ0v) is 21.3. The molecule has 2 heterocycles. The highest BCUT2D eigenvalue weighted by molar-refractivity contribution is 6.23. The summed E-state index contributed by atoms with van der Waals surface area (Å²) in [4.78, 5) is 37.9. The molecule has 2 aliphatic heterocycles. The average molecular weight is 484 g/mol. The van der Waals surface area contributed by atoms with E-state index in [4.69, 9.17) is 4.84 Å². The fourth-order valence-corrected chi connectivity index (χ4v) is 6.14. The van der Waals surface area contributed by atoms with E-state index in [0.717, 1.165) is 11.3 Å². The van der Waals surface area contributed by atoms with Gasteiger partial charge in [-0.1, -0.05) is 66.7 Å². The van der Waals surface area contributed by atoms with Gasteiger partial charge in [-0.25, -0.2) is 9.69 Å². The fraction of sp³-hybridized carbons (Fsp3) is 0.333. The summed E-state index contributed by atoms with van der Waals surface area (Å²) < 4.78 is 0. The Kier molecular flexibility index (Phi) is 5.87. The van der Waals surface area contributed by atoms with Crippen LogP contribution in [0.1, 0.15) is 46.1 Å². The van der Waals surface area contributed by atoms with Crippen LogP contribution in [0, 0.1) is 0 Å². The van der Waals surface area contributed by atoms with Crippen LogP contribution in [0.2, 0.25) is 0 Å². The predicted molar refractivity (Wildman–Crippen MR) is 140 cm³/mol. The second-order valence-corrected chi connectivity index (χ2v) is 11.0. The summed E-state index contributed by atoms with van der Waals surface area (Å²) in [5.74, 6) is 0.575. The van der Waals surface area contributed by atoms with Crippen molar-refractivity contribution in [2.45, 2.75) is 63.7 Å². The van der Waals surface area contributed by atoms with Gasteiger partial charge in [0.05, 0.1) is 16.8 Å². The molecular formula is C30H33N3O3. The highest BCUT2D eigenvalue weighted by Crippen LogP contribution is 2.51. The molecule has 2 saturated heterocycles. The Hall–Kier alpha value is -3.64. The molecule has 2 fully saturated rings. The predicted octanol–water partition coefficient (Wildman–Crippen LogP) is 6.04. The first-order chi connectivity index (χ1) is 17.1. The lowest BCUT2D eigenvalue weighted by atomic mass is 9.69. The van der Waals surface area contributed by atoms with Crippen molar-refractivity contribution < 1.29 is 14.4 Å². The van der Waals surface area contributed by atoms with E-state index in [2.05, 4.69) is 27.7 Å². The number of imide groups is 1. The number of nitrogens with zero attached hydrogens (tertiary/aromatic N) is 3. The number of para-hydroxylation sites is 2. The van der Waals surface area contributed by atoms with Gasteiger partial charge in [0.15, 0.2) is 0 Å². The van der Waals surface area contributed by atoms with Gasteiger partial charge < -0.3 is 9.74 Å². The third-order valence-corrected chi connectivity index (χ3v) is 7.23. The minimum atomic E-state index is -1.01. The number of carbonyl (C=O) groups is 2. The van der Waals surface area contributed by atoms with Crippen molar-refractivity contribution in [3.05, 3.63) is 96.6 Å². The monoisotopic (exact) mass is 483 g/mol. The summed E-state index contributed by atoms with van der Waals surface area (Å²) in [5, 5.41) is 2.00. The molecule has 0 bridgehead atoms. The SMILES string of the molecule is CC1(C)CC2(CC(C)(C)N1Oc1ccccc1)C(=O)N(c1ccccc1)C(=O)N2Cc1ccccc1. The number of urea groups is 1. The number of anilines is 1. The zero-order chi connectivity index (χ0) is 25.6. The number of benzene rings is 3. The summed E-state index contributed by atoms with van der Waals surface area (Å²) in [6, 6.07) is 28.5. The maximum absolute atomic E-state index is 14.3. The van der Waals surface area contributed by atoms with Crippen molar-refractivity contribution in [1.82, 2.24) is 9.96 Å². The van der Waals surface area contributed by atoms with Crippen LogP contribution in [0.25, 0.3) is 0 Å². The number of hydrogen-bond acceptors (Lipinski definition) is 4. The van der Waals surface area contributed by atoms with Gasteiger partial charge in [-0.05, 0) is 57.5 Å². The Labute approximate surface area is 213 Å². The molecule has 0 radical (unpaired) electrons. The van der Waals surface area contributed by atoms with E-state index in [0.29, 0.717) is 25.1 Å². The molecule has 0 unspecified atom stereocenters. The van der Waals surface area contributed by atoms with Gasteiger partial charge in [0, 0.05) is 19.4 Å². The normalized spacial score (nSPS) is 20.7. The Bertz CT molecular complexity index is 1220. The highest BCUT2D eigenvalue weighted by atomic mass is 16.7. The average Bonchev–Trinajstić information content (AvgIpc) is 3.03. The molecule has 5 rings (SSSR count). The minimum Gasteiger partial charge on any atom is -0.405 e. The number of rotatable bonds is 5. The smallest absolute Gasteiger partial charge is 0.332 e. The molecule has 0 atom stereocenters. The van der Waals surface area contributed by atoms with Gasteiger partial charge in [0.25, 0.3) is 5.91 Å². The van der Waals surface area contributed by atoms with Crippen molar-refractivity contribution in [3.63, 3.8) is 0 Å². The van der Waals surface area contributed by atoms with E-state index in [-0.39, 0.29) is 11.9 Å². The van der Waals surface area contributed by atoms with Gasteiger partial charge >= 0.3 is 6.03 Å². The van der Waals surface area contributed by atoms with Gasteiger partial charge in [-0.15, -0.1) is 5.06 Å². The molecule has 0 N–H and O–H groups in total. The Balaban J connectivity index is 1.58. The lowest BCUT2D eigenvalue weighted by Crippen LogP contribution is -2.70. The van der Waals surface area contributed by atoms with E-state index in [1.807, 2.05) is 96.1 Å². The van der Waals surface area contributed by atoms with Gasteiger partial charge in [-0.3, -0.25) is 4.79 Å². The molecule has 0 aliphatic carbocycles. The number of carbonyl (C=O) groups excluding carboxylic acids is 2. The number of hydrogen-bond donors (Lipinski definition) is 0. The highest BCUT2D eigenvalue weighted by Gasteiger charge is 2.66. The lowest BCUT2D eigenvalue weighted by molar-refractivity contribution is -0.237. The molecular weight excluding hydrogens is 450 g/mol. The fourth-order valence-electron chi connectivity index (χ4n) is 6.14. The number of hydroxylamine groups is 2. The van der Waals surface area contributed by atoms with E-state index < -0.39 is 16.6 Å². The maximum Gasteiger partial charge on any atom is 0.332 e. The van der Waals surface area contributed by atoms with Crippen molar-refractivity contribution in [2.75, 3.05) is 4.90 Å². The summed E-state index contributed by atoms with van der Waals surface area (Å²) in [6.45, 7) is 8.70. The Morgan fingerprint density at radius 1 is 0.722 bits per heavy atom. The first-order valence-corrected chi connectivity index (χ1v) is 12.4. The van der Waals surface area contributed by atoms with Crippen LogP contribution in [-0.4, -0.2) is 38.5 Å². The molecule has 3 aromatic rings. The number of amides is 3. The van der Waals surface area contributed by atoms with Gasteiger partial charge in [0.2, 0.25) is 0 Å². The second-order valence-electron chi connectivity index (χ2n) is 11.0. The summed E-state index contributed by atoms with van der Waals surface area (Å²) in [5.41, 5.74) is -0.510. The summed E-state index contributed by atoms with van der Waals surface area (Å²) >= 11 is 0. The second kappa shape index (κ2) is 8.79. The molecule has 1 spiro atoms. The van der Waals surface area contributed by atoms with E-state index in [1.165, 1.54) is 4.90 Å². The van der Waals surface area contributed by atoms with E-state index >= 15 is 0 Å². The molecule has 3 aromatic carbocycles. The van der Waals surface area contributed by atoms with Crippen LogP contribution >= 0.6 is 0 Å². The molecule has 3 amide bonds. The molecule has 6 nitrogen and oxygen atoms in total. The Morgan fingerprint density at radius 3 is 1.78 bits per heavy atom. The van der Waals surface area contributed by atoms with E-state index in [1.54, 1.807) is 4.90 Å². The zero-order valence-electron chi connectivity index (χ0n) is 21.3. The molecule has 36 heavy (non-hydrogen) atoms. The number of piperidine rings is 1. The van der Waals surface area contributed by atoms with Crippen LogP contribution in [0.3, 0.4) is 0 Å².